The Bertz CT molecular complexity index is 374. The Morgan fingerprint density at radius 3 is 2.59 bits per heavy atom. The predicted molar refractivity (Wildman–Crippen MR) is 72.9 cm³/mol. The van der Waals surface area contributed by atoms with Crippen LogP contribution >= 0.6 is 15.9 Å². The van der Waals surface area contributed by atoms with E-state index < -0.39 is 5.60 Å². The van der Waals surface area contributed by atoms with Gasteiger partial charge >= 0.3 is 0 Å². The molecule has 4 nitrogen and oxygen atoms in total. The maximum absolute atomic E-state index is 6.33. The van der Waals surface area contributed by atoms with Crippen LogP contribution in [-0.2, 0) is 4.74 Å². The van der Waals surface area contributed by atoms with Gasteiger partial charge in [-0.2, -0.15) is 5.10 Å². The van der Waals surface area contributed by atoms with Crippen molar-refractivity contribution in [1.82, 2.24) is 9.78 Å². The molecule has 0 amide bonds. The van der Waals surface area contributed by atoms with Crippen LogP contribution in [0.15, 0.2) is 10.7 Å². The maximum atomic E-state index is 6.33. The third kappa shape index (κ3) is 3.09. The lowest BCUT2D eigenvalue weighted by atomic mass is 9.96. The molecule has 1 rings (SSSR count). The van der Waals surface area contributed by atoms with Gasteiger partial charge in [0.25, 0.3) is 0 Å². The summed E-state index contributed by atoms with van der Waals surface area (Å²) in [6.45, 7) is 10.8. The van der Waals surface area contributed by atoms with Crippen molar-refractivity contribution in [2.24, 2.45) is 5.73 Å². The topological polar surface area (TPSA) is 53.1 Å². The summed E-state index contributed by atoms with van der Waals surface area (Å²) in [7, 11) is 0. The quantitative estimate of drug-likeness (QED) is 0.909. The number of nitrogens with zero attached hydrogens (tertiary/aromatic N) is 2. The molecule has 0 spiro atoms. The number of aromatic nitrogens is 2. The van der Waals surface area contributed by atoms with Crippen molar-refractivity contribution >= 4 is 15.9 Å². The number of hydrogen-bond donors (Lipinski definition) is 1. The molecule has 0 saturated heterocycles. The molecule has 0 saturated carbocycles. The second-order valence-corrected chi connectivity index (χ2v) is 5.78. The van der Waals surface area contributed by atoms with Crippen LogP contribution in [0.3, 0.4) is 0 Å². The van der Waals surface area contributed by atoms with Gasteiger partial charge in [0.15, 0.2) is 0 Å². The zero-order chi connectivity index (χ0) is 13.2. The minimum absolute atomic E-state index is 0.221. The monoisotopic (exact) mass is 303 g/mol. The zero-order valence-electron chi connectivity index (χ0n) is 11.2. The molecular weight excluding hydrogens is 282 g/mol. The van der Waals surface area contributed by atoms with Crippen molar-refractivity contribution in [3.05, 3.63) is 16.4 Å². The first-order valence-corrected chi connectivity index (χ1v) is 6.73. The lowest BCUT2D eigenvalue weighted by Crippen LogP contribution is -2.40. The highest BCUT2D eigenvalue weighted by atomic mass is 79.9. The van der Waals surface area contributed by atoms with E-state index in [1.165, 1.54) is 0 Å². The normalized spacial score (nSPS) is 14.4. The van der Waals surface area contributed by atoms with Crippen LogP contribution < -0.4 is 5.73 Å². The lowest BCUT2D eigenvalue weighted by molar-refractivity contribution is -0.0319. The molecule has 0 aliphatic carbocycles. The molecule has 1 unspecified atom stereocenters. The summed E-state index contributed by atoms with van der Waals surface area (Å²) in [5.41, 5.74) is 6.90. The third-order valence-electron chi connectivity index (χ3n) is 2.84. The Balaban J connectivity index is 3.11. The molecule has 0 aliphatic rings. The van der Waals surface area contributed by atoms with E-state index in [0.29, 0.717) is 6.61 Å². The Labute approximate surface area is 112 Å². The molecule has 0 aliphatic heterocycles. The summed E-state index contributed by atoms with van der Waals surface area (Å²) in [6, 6.07) is 0.0569. The minimum atomic E-state index is -0.413. The van der Waals surface area contributed by atoms with Crippen LogP contribution in [0.5, 0.6) is 0 Å². The first kappa shape index (κ1) is 14.7. The van der Waals surface area contributed by atoms with E-state index in [2.05, 4.69) is 34.9 Å². The zero-order valence-corrected chi connectivity index (χ0v) is 12.8. The van der Waals surface area contributed by atoms with Crippen LogP contribution in [0.4, 0.5) is 0 Å². The van der Waals surface area contributed by atoms with Crippen molar-refractivity contribution in [1.29, 1.82) is 0 Å². The third-order valence-corrected chi connectivity index (χ3v) is 3.45. The second kappa shape index (κ2) is 5.50. The molecule has 0 fully saturated rings. The summed E-state index contributed by atoms with van der Waals surface area (Å²) in [4.78, 5) is 0. The Kier molecular flexibility index (Phi) is 4.75. The first-order chi connectivity index (χ1) is 7.81. The average Bonchev–Trinajstić information content (AvgIpc) is 2.58. The van der Waals surface area contributed by atoms with E-state index in [1.54, 1.807) is 6.20 Å². The molecule has 0 radical (unpaired) electrons. The van der Waals surface area contributed by atoms with Crippen LogP contribution in [0.1, 0.15) is 52.4 Å². The fraction of sp³-hybridized carbons (Fsp3) is 0.750. The molecule has 98 valence electrons. The van der Waals surface area contributed by atoms with E-state index in [9.17, 15) is 0 Å². The Hall–Kier alpha value is -0.390. The summed E-state index contributed by atoms with van der Waals surface area (Å²) < 4.78 is 8.59. The van der Waals surface area contributed by atoms with Gasteiger partial charge in [-0.25, -0.2) is 0 Å². The van der Waals surface area contributed by atoms with Gasteiger partial charge in [0, 0.05) is 12.6 Å². The van der Waals surface area contributed by atoms with Crippen LogP contribution in [0.2, 0.25) is 0 Å². The number of rotatable bonds is 5. The van der Waals surface area contributed by atoms with Crippen molar-refractivity contribution < 1.29 is 4.74 Å². The van der Waals surface area contributed by atoms with E-state index in [0.717, 1.165) is 10.2 Å². The smallest absolute Gasteiger partial charge is 0.0833 e. The molecule has 2 N–H and O–H groups in total. The lowest BCUT2D eigenvalue weighted by Gasteiger charge is -2.32. The summed E-state index contributed by atoms with van der Waals surface area (Å²) in [5.74, 6) is 0. The fourth-order valence-corrected chi connectivity index (χ4v) is 2.36. The fourth-order valence-electron chi connectivity index (χ4n) is 1.84. The van der Waals surface area contributed by atoms with Crippen molar-refractivity contribution in [2.45, 2.75) is 52.3 Å². The van der Waals surface area contributed by atoms with Crippen molar-refractivity contribution in [3.8, 4) is 0 Å². The van der Waals surface area contributed by atoms with Crippen molar-refractivity contribution in [3.63, 3.8) is 0 Å². The predicted octanol–water partition coefficient (Wildman–Crippen LogP) is 3.04. The van der Waals surface area contributed by atoms with Gasteiger partial charge in [0.05, 0.1) is 28.0 Å². The van der Waals surface area contributed by atoms with E-state index >= 15 is 0 Å². The van der Waals surface area contributed by atoms with Crippen molar-refractivity contribution in [2.75, 3.05) is 6.61 Å². The number of ether oxygens (including phenoxy) is 1. The number of hydrogen-bond acceptors (Lipinski definition) is 3. The molecule has 17 heavy (non-hydrogen) atoms. The molecular formula is C12H22BrN3O. The summed E-state index contributed by atoms with van der Waals surface area (Å²) >= 11 is 3.51. The van der Waals surface area contributed by atoms with Gasteiger partial charge in [-0.05, 0) is 50.5 Å². The highest BCUT2D eigenvalue weighted by molar-refractivity contribution is 9.10. The Morgan fingerprint density at radius 2 is 2.12 bits per heavy atom. The average molecular weight is 304 g/mol. The molecule has 0 bridgehead atoms. The van der Waals surface area contributed by atoms with E-state index in [4.69, 9.17) is 10.5 Å². The number of nitrogens with two attached hydrogens (primary N) is 1. The first-order valence-electron chi connectivity index (χ1n) is 5.93. The largest absolute Gasteiger partial charge is 0.374 e. The second-order valence-electron chi connectivity index (χ2n) is 4.93. The molecule has 1 atom stereocenters. The van der Waals surface area contributed by atoms with E-state index in [-0.39, 0.29) is 12.1 Å². The highest BCUT2D eigenvalue weighted by Gasteiger charge is 2.32. The van der Waals surface area contributed by atoms with Crippen LogP contribution in [-0.4, -0.2) is 22.0 Å². The standard InChI is InChI=1S/C12H22BrN3O/c1-6-17-12(4,5)11(14)10-9(13)7-15-16(10)8(2)3/h7-8,11H,6,14H2,1-5H3. The van der Waals surface area contributed by atoms with Crippen LogP contribution in [0, 0.1) is 0 Å². The molecule has 5 heteroatoms. The molecule has 1 aromatic heterocycles. The molecule has 0 aromatic carbocycles. The van der Waals surface area contributed by atoms with Gasteiger partial charge < -0.3 is 10.5 Å². The highest BCUT2D eigenvalue weighted by Crippen LogP contribution is 2.32. The van der Waals surface area contributed by atoms with E-state index in [1.807, 2.05) is 25.5 Å². The minimum Gasteiger partial charge on any atom is -0.374 e. The number of halogens is 1. The SMILES string of the molecule is CCOC(C)(C)C(N)c1c(Br)cnn1C(C)C. The van der Waals surface area contributed by atoms with Gasteiger partial charge in [-0.1, -0.05) is 0 Å². The van der Waals surface area contributed by atoms with Gasteiger partial charge in [0.1, 0.15) is 0 Å². The van der Waals surface area contributed by atoms with Crippen LogP contribution in [0.25, 0.3) is 0 Å². The summed E-state index contributed by atoms with van der Waals surface area (Å²) in [6.07, 6.45) is 1.79. The maximum Gasteiger partial charge on any atom is 0.0833 e. The van der Waals surface area contributed by atoms with Gasteiger partial charge in [-0.3, -0.25) is 4.68 Å². The summed E-state index contributed by atoms with van der Waals surface area (Å²) in [5, 5.41) is 4.34. The molecule has 1 heterocycles. The Morgan fingerprint density at radius 1 is 1.53 bits per heavy atom. The molecule has 1 aromatic rings. The van der Waals surface area contributed by atoms with Gasteiger partial charge in [-0.15, -0.1) is 0 Å². The van der Waals surface area contributed by atoms with Gasteiger partial charge in [0.2, 0.25) is 0 Å².